The topological polar surface area (TPSA) is 201 Å². The zero-order valence-corrected chi connectivity index (χ0v) is 33.2. The molecule has 308 valence electrons. The maximum Gasteiger partial charge on any atom is 0.412 e. The smallest absolute Gasteiger partial charge is 0.412 e. The van der Waals surface area contributed by atoms with E-state index in [1.54, 1.807) is 76.5 Å². The molecular weight excluding hydrogens is 764 g/mol. The van der Waals surface area contributed by atoms with Crippen LogP contribution in [0.15, 0.2) is 97.6 Å². The molecule has 0 saturated heterocycles. The van der Waals surface area contributed by atoms with E-state index in [1.807, 2.05) is 0 Å². The molecule has 2 aromatic carbocycles. The molecule has 0 unspecified atom stereocenters. The third kappa shape index (κ3) is 14.7. The largest absolute Gasteiger partial charge is 0.493 e. The molecule has 3 N–H and O–H groups in total. The van der Waals surface area contributed by atoms with E-state index in [0.717, 1.165) is 0 Å². The van der Waals surface area contributed by atoms with Crippen LogP contribution in [0.2, 0.25) is 0 Å². The Balaban J connectivity index is 1.30. The van der Waals surface area contributed by atoms with Gasteiger partial charge in [0.05, 0.1) is 20.1 Å². The Hall–Kier alpha value is -7.20. The van der Waals surface area contributed by atoms with Gasteiger partial charge in [-0.1, -0.05) is 24.3 Å². The van der Waals surface area contributed by atoms with Crippen LogP contribution in [0, 0.1) is 0 Å². The number of esters is 2. The Morgan fingerprint density at radius 1 is 0.661 bits per heavy atom. The molecule has 2 heterocycles. The number of carbonyl (C=O) groups is 6. The summed E-state index contributed by atoms with van der Waals surface area (Å²) < 4.78 is 29.7. The van der Waals surface area contributed by atoms with Crippen LogP contribution in [0.25, 0.3) is 12.2 Å². The normalized spacial score (nSPS) is 11.1. The first-order valence-electron chi connectivity index (χ1n) is 18.4. The molecule has 0 radical (unpaired) electrons. The van der Waals surface area contributed by atoms with Gasteiger partial charge < -0.3 is 39.4 Å². The van der Waals surface area contributed by atoms with Crippen molar-refractivity contribution in [2.24, 2.45) is 0 Å². The number of amides is 2. The molecule has 0 aliphatic heterocycles. The fourth-order valence-electron chi connectivity index (χ4n) is 5.05. The summed E-state index contributed by atoms with van der Waals surface area (Å²) in [5.74, 6) is -1.89. The van der Waals surface area contributed by atoms with Crippen molar-refractivity contribution in [1.29, 1.82) is 0 Å². The fourth-order valence-corrected chi connectivity index (χ4v) is 5.05. The lowest BCUT2D eigenvalue weighted by atomic mass is 10.1. The predicted octanol–water partition coefficient (Wildman–Crippen LogP) is 4.64. The highest BCUT2D eigenvalue weighted by Gasteiger charge is 2.19. The molecule has 0 saturated carbocycles. The van der Waals surface area contributed by atoms with Crippen molar-refractivity contribution in [3.63, 3.8) is 0 Å². The van der Waals surface area contributed by atoms with Crippen LogP contribution in [0.5, 0.6) is 17.2 Å². The van der Waals surface area contributed by atoms with E-state index in [2.05, 4.69) is 10.6 Å². The number of hydrogen-bond acceptors (Lipinski definition) is 12. The summed E-state index contributed by atoms with van der Waals surface area (Å²) in [5.41, 5.74) is 1.70. The fraction of sp³-hybridized carbons (Fsp3) is 0.256. The molecule has 4 rings (SSSR count). The van der Waals surface area contributed by atoms with E-state index in [1.165, 1.54) is 77.2 Å². The van der Waals surface area contributed by atoms with Crippen molar-refractivity contribution in [1.82, 2.24) is 10.6 Å². The zero-order valence-electron chi connectivity index (χ0n) is 33.2. The quantitative estimate of drug-likeness (QED) is 0.0414. The molecule has 16 heteroatoms. The maximum atomic E-state index is 12.9. The van der Waals surface area contributed by atoms with Gasteiger partial charge in [-0.2, -0.15) is 9.13 Å². The number of ether oxygens (including phenoxy) is 5. The van der Waals surface area contributed by atoms with Gasteiger partial charge in [0.2, 0.25) is 0 Å². The predicted molar refractivity (Wildman–Crippen MR) is 211 cm³/mol. The van der Waals surface area contributed by atoms with E-state index < -0.39 is 48.7 Å². The number of nitrogens with zero attached hydrogens (tertiary/aromatic N) is 2. The average molecular weight is 811 g/mol. The number of aromatic nitrogens is 2. The summed E-state index contributed by atoms with van der Waals surface area (Å²) in [6, 6.07) is 15.3. The summed E-state index contributed by atoms with van der Waals surface area (Å²) in [5, 5.41) is 15.2. The minimum atomic E-state index is -0.710. The van der Waals surface area contributed by atoms with Gasteiger partial charge in [-0.25, -0.2) is 19.2 Å². The van der Waals surface area contributed by atoms with Gasteiger partial charge in [0, 0.05) is 29.8 Å². The van der Waals surface area contributed by atoms with E-state index in [0.29, 0.717) is 11.1 Å². The number of allylic oxidation sites excluding steroid dienone is 2. The summed E-state index contributed by atoms with van der Waals surface area (Å²) in [6.07, 6.45) is 9.99. The summed E-state index contributed by atoms with van der Waals surface area (Å²) >= 11 is 0. The number of methoxy groups -OCH3 is 1. The Kier molecular flexibility index (Phi) is 16.5. The van der Waals surface area contributed by atoms with Crippen molar-refractivity contribution >= 4 is 47.8 Å². The van der Waals surface area contributed by atoms with Gasteiger partial charge in [-0.3, -0.25) is 9.59 Å². The lowest BCUT2D eigenvalue weighted by molar-refractivity contribution is -0.727. The molecule has 0 bridgehead atoms. The van der Waals surface area contributed by atoms with Crippen LogP contribution >= 0.6 is 0 Å². The zero-order chi connectivity index (χ0) is 42.9. The van der Waals surface area contributed by atoms with E-state index in [4.69, 9.17) is 23.7 Å². The number of rotatable bonds is 18. The first-order chi connectivity index (χ1) is 28.2. The second-order valence-corrected chi connectivity index (χ2v) is 13.4. The molecule has 0 atom stereocenters. The van der Waals surface area contributed by atoms with E-state index >= 15 is 0 Å². The van der Waals surface area contributed by atoms with Crippen LogP contribution < -0.4 is 34.0 Å². The van der Waals surface area contributed by atoms with E-state index in [-0.39, 0.29) is 59.5 Å². The molecule has 59 heavy (non-hydrogen) atoms. The van der Waals surface area contributed by atoms with Crippen LogP contribution in [0.4, 0.5) is 9.59 Å². The molecular formula is C43H46N4O12+2. The lowest BCUT2D eigenvalue weighted by Gasteiger charge is -2.10. The van der Waals surface area contributed by atoms with Gasteiger partial charge in [0.25, 0.3) is 13.5 Å². The first kappa shape index (κ1) is 44.5. The number of alkyl carbamates (subject to hydrolysis) is 2. The second kappa shape index (κ2) is 21.9. The third-order valence-corrected chi connectivity index (χ3v) is 7.81. The number of ketones is 2. The van der Waals surface area contributed by atoms with Gasteiger partial charge in [0.15, 0.2) is 47.9 Å². The van der Waals surface area contributed by atoms with Crippen molar-refractivity contribution in [2.75, 3.05) is 7.11 Å². The number of aliphatic hydroxyl groups excluding tert-OH is 1. The molecule has 0 spiro atoms. The summed E-state index contributed by atoms with van der Waals surface area (Å²) in [6.45, 7) is 6.47. The average Bonchev–Trinajstić information content (AvgIpc) is 3.21. The number of benzene rings is 2. The highest BCUT2D eigenvalue weighted by atomic mass is 16.6. The lowest BCUT2D eigenvalue weighted by Crippen LogP contribution is -2.40. The molecule has 0 aliphatic carbocycles. The van der Waals surface area contributed by atoms with Crippen LogP contribution in [0.1, 0.15) is 71.5 Å². The summed E-state index contributed by atoms with van der Waals surface area (Å²) in [7, 11) is 1.39. The number of carbonyl (C=O) groups excluding carboxylic acids is 6. The van der Waals surface area contributed by atoms with Crippen molar-refractivity contribution in [3.8, 4) is 17.2 Å². The van der Waals surface area contributed by atoms with Crippen molar-refractivity contribution in [2.45, 2.75) is 66.3 Å². The third-order valence-electron chi connectivity index (χ3n) is 7.81. The van der Waals surface area contributed by atoms with Gasteiger partial charge in [-0.05, 0) is 87.4 Å². The van der Waals surface area contributed by atoms with Crippen molar-refractivity contribution < 1.29 is 66.7 Å². The molecule has 2 amide bonds. The minimum absolute atomic E-state index is 0.0928. The second-order valence-electron chi connectivity index (χ2n) is 13.4. The summed E-state index contributed by atoms with van der Waals surface area (Å²) in [4.78, 5) is 74.6. The van der Waals surface area contributed by atoms with E-state index in [9.17, 15) is 33.9 Å². The number of aliphatic hydroxyl groups is 1. The Bertz CT molecular complexity index is 2080. The van der Waals surface area contributed by atoms with Gasteiger partial charge >= 0.3 is 24.1 Å². The van der Waals surface area contributed by atoms with Gasteiger partial charge in [-0.15, -0.1) is 0 Å². The first-order valence-corrected chi connectivity index (χ1v) is 18.4. The van der Waals surface area contributed by atoms with Gasteiger partial charge in [0.1, 0.15) is 16.9 Å². The highest BCUT2D eigenvalue weighted by Crippen LogP contribution is 2.29. The molecule has 16 nitrogen and oxygen atoms in total. The SMILES string of the molecule is COc1cc(/C=C/C(=O)CC(=O)/C=C/c2ccc(OC(=O)c3ccc[n+](COC(=O)NC(C)C)c3)c(CO)c2)ccc1OC(=O)c1ccc[n+](COC(=O)NC(C)C)c1. The maximum absolute atomic E-state index is 12.9. The van der Waals surface area contributed by atoms with Crippen LogP contribution in [0.3, 0.4) is 0 Å². The van der Waals surface area contributed by atoms with Crippen molar-refractivity contribution in [3.05, 3.63) is 125 Å². The Morgan fingerprint density at radius 3 is 1.61 bits per heavy atom. The van der Waals surface area contributed by atoms with Crippen LogP contribution in [-0.2, 0) is 39.1 Å². The molecule has 0 fully saturated rings. The number of hydrogen-bond donors (Lipinski definition) is 3. The highest BCUT2D eigenvalue weighted by molar-refractivity contribution is 6.11. The number of pyridine rings is 2. The molecule has 2 aromatic heterocycles. The monoisotopic (exact) mass is 810 g/mol. The minimum Gasteiger partial charge on any atom is -0.493 e. The molecule has 0 aliphatic rings. The Morgan fingerprint density at radius 2 is 1.14 bits per heavy atom. The standard InChI is InChI=1S/C43H44N4O12/c1-28(2)44-42(53)56-26-46-18-6-8-32(23-46)40(51)58-37-16-12-30(20-34(37)25-48)10-14-35(49)22-36(50)15-11-31-13-17-38(39(21-31)55-5)59-41(52)33-9-7-19-47(24-33)27-57-43(54)45-29(3)4/h6-21,23-24,28-29,48H,22,25-27H2,1-5H3/p+2/b14-10+,15-11+. The molecule has 4 aromatic rings. The number of nitrogens with one attached hydrogen (secondary N) is 2. The van der Waals surface area contributed by atoms with Crippen LogP contribution in [-0.4, -0.2) is 60.0 Å². The Labute approximate surface area is 340 Å².